The van der Waals surface area contributed by atoms with Crippen molar-refractivity contribution in [3.05, 3.63) is 23.8 Å². The largest absolute Gasteiger partial charge is 0.327 e. The Morgan fingerprint density at radius 3 is 2.59 bits per heavy atom. The minimum atomic E-state index is -3.37. The van der Waals surface area contributed by atoms with E-state index in [2.05, 4.69) is 27.2 Å². The van der Waals surface area contributed by atoms with Crippen LogP contribution in [0.25, 0.3) is 0 Å². The molecule has 0 saturated carbocycles. The molecule has 7 heteroatoms. The SMILES string of the molecule is CC#CCNC(=O)Nc1cccc(NS(=O)(=O)CCC)c1C. The van der Waals surface area contributed by atoms with Crippen LogP contribution in [0.15, 0.2) is 18.2 Å². The summed E-state index contributed by atoms with van der Waals surface area (Å²) in [7, 11) is -3.37. The molecule has 0 fully saturated rings. The van der Waals surface area contributed by atoms with E-state index in [0.29, 0.717) is 23.4 Å². The zero-order chi connectivity index (χ0) is 16.6. The van der Waals surface area contributed by atoms with Crippen molar-refractivity contribution in [2.24, 2.45) is 0 Å². The molecule has 2 amide bonds. The van der Waals surface area contributed by atoms with Gasteiger partial charge in [-0.3, -0.25) is 4.72 Å². The lowest BCUT2D eigenvalue weighted by Gasteiger charge is -2.14. The molecule has 22 heavy (non-hydrogen) atoms. The molecule has 0 atom stereocenters. The van der Waals surface area contributed by atoms with Crippen LogP contribution in [0.5, 0.6) is 0 Å². The van der Waals surface area contributed by atoms with Crippen LogP contribution in [-0.2, 0) is 10.0 Å². The first kappa shape index (κ1) is 17.9. The fourth-order valence-corrected chi connectivity index (χ4v) is 2.94. The Morgan fingerprint density at radius 1 is 1.27 bits per heavy atom. The maximum absolute atomic E-state index is 11.8. The van der Waals surface area contributed by atoms with Crippen LogP contribution in [0.4, 0.5) is 16.2 Å². The van der Waals surface area contributed by atoms with Crippen LogP contribution in [0, 0.1) is 18.8 Å². The van der Waals surface area contributed by atoms with Gasteiger partial charge in [-0.15, -0.1) is 5.92 Å². The molecule has 0 unspecified atom stereocenters. The van der Waals surface area contributed by atoms with Gasteiger partial charge in [-0.2, -0.15) is 0 Å². The van der Waals surface area contributed by atoms with Crippen LogP contribution in [0.2, 0.25) is 0 Å². The second-order valence-corrected chi connectivity index (χ2v) is 6.48. The highest BCUT2D eigenvalue weighted by Gasteiger charge is 2.13. The third-order valence-corrected chi connectivity index (χ3v) is 4.31. The van der Waals surface area contributed by atoms with E-state index in [4.69, 9.17) is 0 Å². The van der Waals surface area contributed by atoms with Gasteiger partial charge in [0.1, 0.15) is 0 Å². The van der Waals surface area contributed by atoms with E-state index in [-0.39, 0.29) is 18.3 Å². The summed E-state index contributed by atoms with van der Waals surface area (Å²) in [5.74, 6) is 5.45. The summed E-state index contributed by atoms with van der Waals surface area (Å²) >= 11 is 0. The molecule has 0 heterocycles. The van der Waals surface area contributed by atoms with Gasteiger partial charge in [-0.25, -0.2) is 13.2 Å². The highest BCUT2D eigenvalue weighted by Crippen LogP contribution is 2.24. The number of benzene rings is 1. The number of carbonyl (C=O) groups excluding carboxylic acids is 1. The van der Waals surface area contributed by atoms with Gasteiger partial charge in [0.25, 0.3) is 0 Å². The fraction of sp³-hybridized carbons (Fsp3) is 0.400. The molecule has 0 aliphatic heterocycles. The predicted octanol–water partition coefficient (Wildman–Crippen LogP) is 2.29. The predicted molar refractivity (Wildman–Crippen MR) is 89.4 cm³/mol. The van der Waals surface area contributed by atoms with Gasteiger partial charge in [-0.1, -0.05) is 18.9 Å². The van der Waals surface area contributed by atoms with Gasteiger partial charge in [0.15, 0.2) is 0 Å². The van der Waals surface area contributed by atoms with Crippen LogP contribution in [0.3, 0.4) is 0 Å². The first-order valence-electron chi connectivity index (χ1n) is 6.94. The molecule has 0 aliphatic rings. The summed E-state index contributed by atoms with van der Waals surface area (Å²) in [5.41, 5.74) is 1.65. The zero-order valence-corrected chi connectivity index (χ0v) is 13.8. The minimum absolute atomic E-state index is 0.0558. The van der Waals surface area contributed by atoms with E-state index in [0.717, 1.165) is 0 Å². The third-order valence-electron chi connectivity index (χ3n) is 2.83. The molecule has 120 valence electrons. The molecular formula is C15H21N3O3S. The van der Waals surface area contributed by atoms with Gasteiger partial charge in [0.2, 0.25) is 10.0 Å². The number of hydrogen-bond acceptors (Lipinski definition) is 3. The summed E-state index contributed by atoms with van der Waals surface area (Å²) < 4.78 is 26.2. The van der Waals surface area contributed by atoms with E-state index >= 15 is 0 Å². The van der Waals surface area contributed by atoms with Crippen molar-refractivity contribution in [1.82, 2.24) is 5.32 Å². The van der Waals surface area contributed by atoms with Crippen molar-refractivity contribution in [3.8, 4) is 11.8 Å². The molecule has 1 aromatic carbocycles. The molecule has 6 nitrogen and oxygen atoms in total. The highest BCUT2D eigenvalue weighted by molar-refractivity contribution is 7.92. The summed E-state index contributed by atoms with van der Waals surface area (Å²) in [6.07, 6.45) is 0.535. The average Bonchev–Trinajstić information content (AvgIpc) is 2.43. The van der Waals surface area contributed by atoms with Crippen molar-refractivity contribution in [2.75, 3.05) is 22.3 Å². The van der Waals surface area contributed by atoms with Crippen molar-refractivity contribution in [2.45, 2.75) is 27.2 Å². The van der Waals surface area contributed by atoms with Crippen LogP contribution in [-0.4, -0.2) is 26.7 Å². The molecule has 3 N–H and O–H groups in total. The van der Waals surface area contributed by atoms with Gasteiger partial charge in [-0.05, 0) is 38.0 Å². The number of hydrogen-bond donors (Lipinski definition) is 3. The molecule has 0 bridgehead atoms. The van der Waals surface area contributed by atoms with Gasteiger partial charge < -0.3 is 10.6 Å². The lowest BCUT2D eigenvalue weighted by molar-refractivity contribution is 0.253. The monoisotopic (exact) mass is 323 g/mol. The smallest absolute Gasteiger partial charge is 0.320 e. The molecule has 0 spiro atoms. The maximum Gasteiger partial charge on any atom is 0.320 e. The van der Waals surface area contributed by atoms with Gasteiger partial charge in [0.05, 0.1) is 18.0 Å². The van der Waals surface area contributed by atoms with Gasteiger partial charge >= 0.3 is 6.03 Å². The Morgan fingerprint density at radius 2 is 1.95 bits per heavy atom. The number of sulfonamides is 1. The lowest BCUT2D eigenvalue weighted by atomic mass is 10.1. The number of rotatable bonds is 6. The van der Waals surface area contributed by atoms with E-state index in [1.165, 1.54) is 0 Å². The van der Waals surface area contributed by atoms with E-state index < -0.39 is 10.0 Å². The van der Waals surface area contributed by atoms with E-state index in [1.54, 1.807) is 39.0 Å². The fourth-order valence-electron chi connectivity index (χ4n) is 1.75. The average molecular weight is 323 g/mol. The Balaban J connectivity index is 2.84. The molecule has 0 aliphatic carbocycles. The van der Waals surface area contributed by atoms with Crippen molar-refractivity contribution >= 4 is 27.4 Å². The highest BCUT2D eigenvalue weighted by atomic mass is 32.2. The molecule has 1 rings (SSSR count). The molecule has 0 aromatic heterocycles. The molecular weight excluding hydrogens is 302 g/mol. The van der Waals surface area contributed by atoms with E-state index in [1.807, 2.05) is 0 Å². The molecule has 0 radical (unpaired) electrons. The lowest BCUT2D eigenvalue weighted by Crippen LogP contribution is -2.29. The van der Waals surface area contributed by atoms with Crippen molar-refractivity contribution < 1.29 is 13.2 Å². The number of nitrogens with one attached hydrogen (secondary N) is 3. The Hall–Kier alpha value is -2.20. The second kappa shape index (κ2) is 8.29. The van der Waals surface area contributed by atoms with E-state index in [9.17, 15) is 13.2 Å². The second-order valence-electron chi connectivity index (χ2n) is 4.63. The topological polar surface area (TPSA) is 87.3 Å². The normalized spacial score (nSPS) is 10.3. The third kappa shape index (κ3) is 5.66. The number of anilines is 2. The summed E-state index contributed by atoms with van der Waals surface area (Å²) in [4.78, 5) is 11.7. The summed E-state index contributed by atoms with van der Waals surface area (Å²) in [6, 6.07) is 4.66. The van der Waals surface area contributed by atoms with Crippen molar-refractivity contribution in [3.63, 3.8) is 0 Å². The first-order chi connectivity index (χ1) is 10.4. The van der Waals surface area contributed by atoms with Gasteiger partial charge in [0, 0.05) is 5.69 Å². The quantitative estimate of drug-likeness (QED) is 0.702. The Kier molecular flexibility index (Phi) is 6.73. The Bertz CT molecular complexity index is 688. The standard InChI is InChI=1S/C15H21N3O3S/c1-4-6-10-16-15(19)17-13-8-7-9-14(12(13)3)18-22(20,21)11-5-2/h7-9,18H,5,10-11H2,1-3H3,(H2,16,17,19). The van der Waals surface area contributed by atoms with Crippen LogP contribution in [0.1, 0.15) is 25.8 Å². The van der Waals surface area contributed by atoms with Crippen LogP contribution < -0.4 is 15.4 Å². The number of amides is 2. The number of carbonyl (C=O) groups is 1. The minimum Gasteiger partial charge on any atom is -0.327 e. The Labute approximate surface area is 131 Å². The number of urea groups is 1. The molecule has 1 aromatic rings. The zero-order valence-electron chi connectivity index (χ0n) is 13.0. The maximum atomic E-state index is 11.8. The first-order valence-corrected chi connectivity index (χ1v) is 8.59. The van der Waals surface area contributed by atoms with Crippen LogP contribution >= 0.6 is 0 Å². The summed E-state index contributed by atoms with van der Waals surface area (Å²) in [5, 5.41) is 5.26. The summed E-state index contributed by atoms with van der Waals surface area (Å²) in [6.45, 7) is 5.48. The van der Waals surface area contributed by atoms with Crippen molar-refractivity contribution in [1.29, 1.82) is 0 Å². The molecule has 0 saturated heterocycles.